The van der Waals surface area contributed by atoms with Crippen molar-refractivity contribution >= 4 is 30.5 Å². The van der Waals surface area contributed by atoms with Crippen LogP contribution in [0.25, 0.3) is 0 Å². The number of carbonyl (C=O) groups excluding carboxylic acids is 3. The lowest BCUT2D eigenvalue weighted by Crippen LogP contribution is -2.65. The van der Waals surface area contributed by atoms with Gasteiger partial charge >= 0.3 is 12.0 Å². The number of pyridine rings is 1. The summed E-state index contributed by atoms with van der Waals surface area (Å²) < 4.78 is 4.91. The summed E-state index contributed by atoms with van der Waals surface area (Å²) in [6.45, 7) is 5.59. The van der Waals surface area contributed by atoms with Gasteiger partial charge in [-0.15, -0.1) is 0 Å². The highest BCUT2D eigenvalue weighted by atomic mass is 32.1. The summed E-state index contributed by atoms with van der Waals surface area (Å²) >= 11 is 4.22. The van der Waals surface area contributed by atoms with Crippen molar-refractivity contribution in [1.29, 1.82) is 5.26 Å². The van der Waals surface area contributed by atoms with Gasteiger partial charge in [-0.05, 0) is 32.4 Å². The van der Waals surface area contributed by atoms with Crippen LogP contribution in [0.15, 0.2) is 24.5 Å². The Morgan fingerprint density at radius 2 is 2.16 bits per heavy atom. The fourth-order valence-corrected chi connectivity index (χ4v) is 3.88. The van der Waals surface area contributed by atoms with Crippen molar-refractivity contribution in [3.8, 4) is 6.07 Å². The van der Waals surface area contributed by atoms with Gasteiger partial charge in [-0.1, -0.05) is 6.07 Å². The van der Waals surface area contributed by atoms with E-state index in [1.165, 1.54) is 0 Å². The number of amides is 3. The molecule has 31 heavy (non-hydrogen) atoms. The molecular formula is C21H30N5O4S+. The topological polar surface area (TPSA) is 121 Å². The number of nitriles is 1. The fraction of sp³-hybridized carbons (Fsp3) is 0.571. The van der Waals surface area contributed by atoms with Gasteiger partial charge in [0, 0.05) is 37.5 Å². The van der Waals surface area contributed by atoms with Gasteiger partial charge in [-0.3, -0.25) is 9.78 Å². The second-order valence-electron chi connectivity index (χ2n) is 8.56. The van der Waals surface area contributed by atoms with Crippen LogP contribution in [0.4, 0.5) is 4.79 Å². The van der Waals surface area contributed by atoms with Crippen molar-refractivity contribution in [1.82, 2.24) is 15.6 Å². The average Bonchev–Trinajstić information content (AvgIpc) is 3.13. The number of thiol groups is 1. The van der Waals surface area contributed by atoms with E-state index in [4.69, 9.17) is 4.74 Å². The molecule has 3 amide bonds. The highest BCUT2D eigenvalue weighted by Crippen LogP contribution is 2.28. The number of alkyl carbamates (subject to hydrolysis) is 1. The predicted octanol–water partition coefficient (Wildman–Crippen LogP) is 1.55. The zero-order valence-electron chi connectivity index (χ0n) is 18.1. The molecule has 168 valence electrons. The molecule has 9 nitrogen and oxygen atoms in total. The molecule has 1 aliphatic heterocycles. The van der Waals surface area contributed by atoms with Gasteiger partial charge in [-0.25, -0.2) is 14.1 Å². The maximum absolute atomic E-state index is 13.5. The molecule has 0 radical (unpaired) electrons. The van der Waals surface area contributed by atoms with Crippen LogP contribution in [-0.4, -0.2) is 63.9 Å². The number of nitrogens with zero attached hydrogens (tertiary/aromatic N) is 3. The Kier molecular flexibility index (Phi) is 8.42. The van der Waals surface area contributed by atoms with E-state index in [1.807, 2.05) is 6.07 Å². The smallest absolute Gasteiger partial charge is 0.408 e. The van der Waals surface area contributed by atoms with Crippen molar-refractivity contribution in [3.63, 3.8) is 0 Å². The molecule has 0 unspecified atom stereocenters. The summed E-state index contributed by atoms with van der Waals surface area (Å²) in [7, 11) is 0. The zero-order valence-corrected chi connectivity index (χ0v) is 19.0. The molecule has 1 aromatic heterocycles. The minimum atomic E-state index is -0.988. The van der Waals surface area contributed by atoms with E-state index in [0.29, 0.717) is 19.4 Å². The molecule has 2 N–H and O–H groups in total. The third kappa shape index (κ3) is 6.67. The van der Waals surface area contributed by atoms with Crippen molar-refractivity contribution < 1.29 is 23.6 Å². The molecule has 0 aliphatic carbocycles. The molecule has 0 aromatic carbocycles. The second kappa shape index (κ2) is 10.6. The van der Waals surface area contributed by atoms with E-state index >= 15 is 0 Å². The first kappa shape index (κ1) is 24.6. The Hall–Kier alpha value is -2.64. The van der Waals surface area contributed by atoms with E-state index < -0.39 is 29.7 Å². The van der Waals surface area contributed by atoms with Crippen LogP contribution in [0.1, 0.15) is 39.2 Å². The van der Waals surface area contributed by atoms with Crippen LogP contribution in [-0.2, 0) is 20.9 Å². The molecular weight excluding hydrogens is 418 g/mol. The summed E-state index contributed by atoms with van der Waals surface area (Å²) in [5.74, 6) is -0.746. The summed E-state index contributed by atoms with van der Waals surface area (Å²) in [4.78, 5) is 42.4. The van der Waals surface area contributed by atoms with Gasteiger partial charge < -0.3 is 15.4 Å². The summed E-state index contributed by atoms with van der Waals surface area (Å²) in [5.41, 5.74) is 0.0991. The second-order valence-corrected chi connectivity index (χ2v) is 8.93. The highest BCUT2D eigenvalue weighted by Gasteiger charge is 2.52. The van der Waals surface area contributed by atoms with E-state index in [9.17, 15) is 19.6 Å². The van der Waals surface area contributed by atoms with Crippen molar-refractivity contribution in [2.45, 2.75) is 57.8 Å². The quantitative estimate of drug-likeness (QED) is 0.430. The maximum atomic E-state index is 13.5. The number of ether oxygens (including phenoxy) is 1. The molecule has 0 saturated carbocycles. The first-order valence-corrected chi connectivity index (χ1v) is 10.8. The van der Waals surface area contributed by atoms with Gasteiger partial charge in [0.2, 0.25) is 0 Å². The largest absolute Gasteiger partial charge is 0.444 e. The lowest BCUT2D eigenvalue weighted by atomic mass is 10.1. The van der Waals surface area contributed by atoms with Gasteiger partial charge in [0.1, 0.15) is 11.7 Å². The predicted molar refractivity (Wildman–Crippen MR) is 117 cm³/mol. The van der Waals surface area contributed by atoms with E-state index in [-0.39, 0.29) is 29.2 Å². The van der Waals surface area contributed by atoms with Crippen LogP contribution in [0.2, 0.25) is 0 Å². The first-order chi connectivity index (χ1) is 14.6. The molecule has 2 rings (SSSR count). The van der Waals surface area contributed by atoms with Crippen LogP contribution >= 0.6 is 12.6 Å². The summed E-state index contributed by atoms with van der Waals surface area (Å²) in [6.07, 6.45) is 3.67. The first-order valence-electron chi connectivity index (χ1n) is 10.2. The standard InChI is InChI=1S/C21H29N5O4S/c1-21(2,3)30-20(29)25-17(14-31)19(28)26(9-5-7-16(26)10-22)13-18(27)24-12-15-6-4-8-23-11-15/h4,6,8,11,16-17H,5,7,9,12-14H2,1-3H3,(H2-,24,25,27,29,31)/p+1/t16-,17-,26+/m0/s1. The van der Waals surface area contributed by atoms with Gasteiger partial charge in [0.25, 0.3) is 5.91 Å². The lowest BCUT2D eigenvalue weighted by Gasteiger charge is -2.36. The van der Waals surface area contributed by atoms with Crippen molar-refractivity contribution in [3.05, 3.63) is 30.1 Å². The maximum Gasteiger partial charge on any atom is 0.408 e. The molecule has 1 saturated heterocycles. The van der Waals surface area contributed by atoms with Crippen LogP contribution in [0, 0.1) is 11.3 Å². The van der Waals surface area contributed by atoms with Gasteiger partial charge in [0.15, 0.2) is 18.6 Å². The number of aromatic nitrogens is 1. The number of rotatable bonds is 7. The third-order valence-electron chi connectivity index (χ3n) is 5.03. The van der Waals surface area contributed by atoms with Crippen molar-refractivity contribution in [2.24, 2.45) is 0 Å². The van der Waals surface area contributed by atoms with Gasteiger partial charge in [-0.2, -0.15) is 17.9 Å². The normalized spacial score (nSPS) is 21.6. The molecule has 0 spiro atoms. The SMILES string of the molecule is CC(C)(C)OC(=O)N[C@@H](CS)C(=O)[N@@+]1(CC(=O)NCc2cccnc2)CCC[C@H]1C#N. The minimum Gasteiger partial charge on any atom is -0.444 e. The molecule has 3 atom stereocenters. The Balaban J connectivity index is 2.15. The van der Waals surface area contributed by atoms with Crippen LogP contribution in [0.5, 0.6) is 0 Å². The van der Waals surface area contributed by atoms with E-state index in [0.717, 1.165) is 5.56 Å². The molecule has 1 aliphatic rings. The fourth-order valence-electron chi connectivity index (χ4n) is 3.64. The molecule has 10 heteroatoms. The molecule has 0 bridgehead atoms. The zero-order chi connectivity index (χ0) is 23.1. The number of carbonyl (C=O) groups is 3. The third-order valence-corrected chi connectivity index (χ3v) is 5.39. The Bertz CT molecular complexity index is 836. The number of quaternary nitrogens is 1. The lowest BCUT2D eigenvalue weighted by molar-refractivity contribution is -0.851. The number of likely N-dealkylation sites (tertiary alicyclic amines) is 1. The molecule has 1 aromatic rings. The highest BCUT2D eigenvalue weighted by molar-refractivity contribution is 7.80. The van der Waals surface area contributed by atoms with Crippen molar-refractivity contribution in [2.75, 3.05) is 18.8 Å². The number of nitrogens with one attached hydrogen (secondary N) is 2. The van der Waals surface area contributed by atoms with Gasteiger partial charge in [0.05, 0.1) is 6.54 Å². The van der Waals surface area contributed by atoms with E-state index in [2.05, 4.69) is 34.3 Å². The van der Waals surface area contributed by atoms with E-state index in [1.54, 1.807) is 39.2 Å². The minimum absolute atomic E-state index is 0.0214. The molecule has 1 fully saturated rings. The number of hydrogen-bond acceptors (Lipinski definition) is 7. The average molecular weight is 449 g/mol. The van der Waals surface area contributed by atoms with Crippen LogP contribution < -0.4 is 10.6 Å². The monoisotopic (exact) mass is 448 g/mol. The summed E-state index contributed by atoms with van der Waals surface area (Å²) in [5, 5.41) is 15.0. The Morgan fingerprint density at radius 3 is 2.74 bits per heavy atom. The number of hydrogen-bond donors (Lipinski definition) is 3. The Morgan fingerprint density at radius 1 is 1.42 bits per heavy atom. The van der Waals surface area contributed by atoms with Crippen LogP contribution in [0.3, 0.4) is 0 Å². The molecule has 2 heterocycles. The Labute approximate surface area is 188 Å². The summed E-state index contributed by atoms with van der Waals surface area (Å²) in [6, 6.07) is 4.12.